The van der Waals surface area contributed by atoms with Crippen LogP contribution < -0.4 is 5.43 Å². The lowest BCUT2D eigenvalue weighted by Gasteiger charge is -2.29. The maximum atomic E-state index is 11.1. The average molecular weight is 246 g/mol. The first-order chi connectivity index (χ1) is 8.59. The fourth-order valence-electron chi connectivity index (χ4n) is 3.71. The van der Waals surface area contributed by atoms with Crippen LogP contribution >= 0.6 is 0 Å². The predicted molar refractivity (Wildman–Crippen MR) is 64.0 cm³/mol. The van der Waals surface area contributed by atoms with Crippen molar-refractivity contribution in [1.29, 1.82) is 0 Å². The molecule has 0 aliphatic heterocycles. The quantitative estimate of drug-likeness (QED) is 0.655. The third-order valence-electron chi connectivity index (χ3n) is 4.47. The summed E-state index contributed by atoms with van der Waals surface area (Å²) < 4.78 is 1.10. The van der Waals surface area contributed by atoms with Crippen molar-refractivity contribution in [2.24, 2.45) is 11.8 Å². The molecule has 4 atom stereocenters. The molecule has 4 unspecified atom stereocenters. The summed E-state index contributed by atoms with van der Waals surface area (Å²) in [6.07, 6.45) is 5.41. The zero-order valence-corrected chi connectivity index (χ0v) is 9.92. The average Bonchev–Trinajstić information content (AvgIpc) is 3.11. The number of nitrogens with zero attached hydrogens (tertiary/aromatic N) is 1. The van der Waals surface area contributed by atoms with Crippen molar-refractivity contribution in [3.05, 3.63) is 23.3 Å². The van der Waals surface area contributed by atoms with Gasteiger partial charge >= 0.3 is 0 Å². The molecule has 94 valence electrons. The van der Waals surface area contributed by atoms with E-state index in [9.17, 15) is 15.0 Å². The van der Waals surface area contributed by atoms with Crippen LogP contribution in [0.3, 0.4) is 0 Å². The first kappa shape index (κ1) is 10.1. The molecule has 18 heavy (non-hydrogen) atoms. The van der Waals surface area contributed by atoms with Crippen LogP contribution in [-0.4, -0.2) is 20.8 Å². The Bertz CT molecular complexity index is 560. The third kappa shape index (κ3) is 1.00. The molecule has 4 aliphatic rings. The van der Waals surface area contributed by atoms with Gasteiger partial charge in [-0.1, -0.05) is 12.2 Å². The molecule has 4 aliphatic carbocycles. The van der Waals surface area contributed by atoms with Gasteiger partial charge in [-0.25, -0.2) is 0 Å². The lowest BCUT2D eigenvalue weighted by atomic mass is 9.73. The molecule has 1 heterocycles. The van der Waals surface area contributed by atoms with Crippen molar-refractivity contribution < 1.29 is 15.0 Å². The van der Waals surface area contributed by atoms with Gasteiger partial charge in [0.25, 0.3) is 0 Å². The standard InChI is InChI=1S/C13H14N2O3/c1-5(16)14-15-12(17)10-6-2-3-7(9-4-8(6)9)11(10)13(15)18/h2-3,6-9,17-18H,4H2,1H3,(H,14,16). The lowest BCUT2D eigenvalue weighted by molar-refractivity contribution is -0.115. The van der Waals surface area contributed by atoms with Crippen LogP contribution in [0, 0.1) is 11.8 Å². The lowest BCUT2D eigenvalue weighted by Crippen LogP contribution is -2.18. The molecule has 5 heteroatoms. The van der Waals surface area contributed by atoms with Crippen molar-refractivity contribution in [1.82, 2.24) is 4.68 Å². The number of carbonyl (C=O) groups is 1. The SMILES string of the molecule is CC(=O)Nn1c(O)c2c(c1O)C1C=CC2C2CC12. The van der Waals surface area contributed by atoms with Crippen LogP contribution in [0.25, 0.3) is 0 Å². The molecule has 1 fully saturated rings. The molecule has 0 spiro atoms. The number of amides is 1. The molecule has 5 rings (SSSR count). The molecule has 1 amide bonds. The van der Waals surface area contributed by atoms with Crippen LogP contribution in [0.4, 0.5) is 0 Å². The van der Waals surface area contributed by atoms with Crippen LogP contribution in [0.1, 0.15) is 36.3 Å². The first-order valence-corrected chi connectivity index (χ1v) is 6.22. The van der Waals surface area contributed by atoms with Gasteiger partial charge in [-0.3, -0.25) is 10.2 Å². The second kappa shape index (κ2) is 2.91. The Labute approximate surface area is 104 Å². The molecule has 1 saturated carbocycles. The first-order valence-electron chi connectivity index (χ1n) is 6.22. The largest absolute Gasteiger partial charge is 0.493 e. The number of aromatic hydroxyl groups is 2. The zero-order chi connectivity index (χ0) is 12.6. The number of hydrogen-bond donors (Lipinski definition) is 3. The Balaban J connectivity index is 1.91. The summed E-state index contributed by atoms with van der Waals surface area (Å²) in [6.45, 7) is 1.35. The van der Waals surface area contributed by atoms with Crippen LogP contribution in [-0.2, 0) is 4.79 Å². The van der Waals surface area contributed by atoms with E-state index in [1.165, 1.54) is 6.92 Å². The highest BCUT2D eigenvalue weighted by molar-refractivity contribution is 5.82. The Hall–Kier alpha value is -1.91. The number of aromatic nitrogens is 1. The normalized spacial score (nSPS) is 34.1. The summed E-state index contributed by atoms with van der Waals surface area (Å²) in [7, 11) is 0. The molecular weight excluding hydrogens is 232 g/mol. The van der Waals surface area contributed by atoms with E-state index in [1.54, 1.807) is 0 Å². The van der Waals surface area contributed by atoms with Gasteiger partial charge in [0.1, 0.15) is 0 Å². The maximum absolute atomic E-state index is 11.1. The summed E-state index contributed by atoms with van der Waals surface area (Å²) in [4.78, 5) is 11.1. The number of allylic oxidation sites excluding steroid dienone is 2. The number of hydrogen-bond acceptors (Lipinski definition) is 3. The van der Waals surface area contributed by atoms with E-state index in [0.29, 0.717) is 11.8 Å². The van der Waals surface area contributed by atoms with Gasteiger partial charge in [-0.05, 0) is 18.3 Å². The maximum Gasteiger partial charge on any atom is 0.235 e. The molecule has 2 bridgehead atoms. The minimum atomic E-state index is -0.321. The van der Waals surface area contributed by atoms with Crippen LogP contribution in [0.5, 0.6) is 11.8 Å². The van der Waals surface area contributed by atoms with E-state index < -0.39 is 0 Å². The van der Waals surface area contributed by atoms with Gasteiger partial charge in [0, 0.05) is 29.9 Å². The minimum Gasteiger partial charge on any atom is -0.493 e. The second-order valence-electron chi connectivity index (χ2n) is 5.48. The van der Waals surface area contributed by atoms with E-state index in [4.69, 9.17) is 0 Å². The van der Waals surface area contributed by atoms with Crippen molar-refractivity contribution >= 4 is 5.91 Å². The van der Waals surface area contributed by atoms with E-state index in [2.05, 4.69) is 17.6 Å². The molecule has 0 radical (unpaired) electrons. The molecule has 3 N–H and O–H groups in total. The predicted octanol–water partition coefficient (Wildman–Crippen LogP) is 1.38. The van der Waals surface area contributed by atoms with Crippen molar-refractivity contribution in [2.75, 3.05) is 5.43 Å². The van der Waals surface area contributed by atoms with E-state index >= 15 is 0 Å². The van der Waals surface area contributed by atoms with Gasteiger partial charge in [0.15, 0.2) is 0 Å². The third-order valence-corrected chi connectivity index (χ3v) is 4.47. The summed E-state index contributed by atoms with van der Waals surface area (Å²) in [5.41, 5.74) is 4.04. The van der Waals surface area contributed by atoms with Crippen molar-refractivity contribution in [3.8, 4) is 11.8 Å². The number of nitrogens with one attached hydrogen (secondary N) is 1. The fourth-order valence-corrected chi connectivity index (χ4v) is 3.71. The van der Waals surface area contributed by atoms with Crippen LogP contribution in [0.2, 0.25) is 0 Å². The smallest absolute Gasteiger partial charge is 0.235 e. The molecule has 0 saturated heterocycles. The van der Waals surface area contributed by atoms with Gasteiger partial charge in [0.2, 0.25) is 17.7 Å². The van der Waals surface area contributed by atoms with E-state index in [-0.39, 0.29) is 29.5 Å². The summed E-state index contributed by atoms with van der Waals surface area (Å²) in [5, 5.41) is 20.4. The highest BCUT2D eigenvalue weighted by atomic mass is 16.3. The Morgan fingerprint density at radius 1 is 1.22 bits per heavy atom. The second-order valence-corrected chi connectivity index (χ2v) is 5.48. The van der Waals surface area contributed by atoms with Gasteiger partial charge in [0.05, 0.1) is 0 Å². The van der Waals surface area contributed by atoms with Crippen LogP contribution in [0.15, 0.2) is 12.2 Å². The van der Waals surface area contributed by atoms with E-state index in [0.717, 1.165) is 22.2 Å². The Morgan fingerprint density at radius 2 is 1.72 bits per heavy atom. The summed E-state index contributed by atoms with van der Waals surface area (Å²) in [5.74, 6) is 1.21. The minimum absolute atomic E-state index is 0.0256. The fraction of sp³-hybridized carbons (Fsp3) is 0.462. The van der Waals surface area contributed by atoms with Crippen molar-refractivity contribution in [2.45, 2.75) is 25.2 Å². The van der Waals surface area contributed by atoms with Gasteiger partial charge in [-0.15, -0.1) is 0 Å². The topological polar surface area (TPSA) is 74.5 Å². The monoisotopic (exact) mass is 246 g/mol. The number of rotatable bonds is 1. The van der Waals surface area contributed by atoms with Gasteiger partial charge < -0.3 is 10.2 Å². The molecular formula is C13H14N2O3. The highest BCUT2D eigenvalue weighted by Gasteiger charge is 2.57. The Kier molecular flexibility index (Phi) is 1.62. The summed E-state index contributed by atoms with van der Waals surface area (Å²) >= 11 is 0. The highest BCUT2D eigenvalue weighted by Crippen LogP contribution is 2.67. The Morgan fingerprint density at radius 3 is 2.17 bits per heavy atom. The van der Waals surface area contributed by atoms with Gasteiger partial charge in [-0.2, -0.15) is 4.68 Å². The number of carbonyl (C=O) groups excluding carboxylic acids is 1. The molecule has 1 aromatic rings. The molecule has 0 aromatic carbocycles. The zero-order valence-electron chi connectivity index (χ0n) is 9.92. The molecule has 5 nitrogen and oxygen atoms in total. The summed E-state index contributed by atoms with van der Waals surface area (Å²) in [6, 6.07) is 0. The molecule has 1 aromatic heterocycles. The van der Waals surface area contributed by atoms with E-state index in [1.807, 2.05) is 0 Å². The van der Waals surface area contributed by atoms with Crippen molar-refractivity contribution in [3.63, 3.8) is 0 Å².